The molecule has 138 valence electrons. The summed E-state index contributed by atoms with van der Waals surface area (Å²) < 4.78 is 11.0. The van der Waals surface area contributed by atoms with Gasteiger partial charge in [-0.1, -0.05) is 19.2 Å². The van der Waals surface area contributed by atoms with Crippen LogP contribution in [0.4, 0.5) is 0 Å². The van der Waals surface area contributed by atoms with Gasteiger partial charge in [0.05, 0.1) is 12.5 Å². The molecule has 1 aliphatic heterocycles. The molecule has 25 heavy (non-hydrogen) atoms. The van der Waals surface area contributed by atoms with Gasteiger partial charge in [-0.15, -0.1) is 0 Å². The molecule has 2 rings (SSSR count). The first-order valence-electron chi connectivity index (χ1n) is 8.53. The maximum absolute atomic E-state index is 12.1. The zero-order valence-electron chi connectivity index (χ0n) is 14.6. The third kappa shape index (κ3) is 4.58. The number of allylic oxidation sites excluding steroid dienone is 1. The van der Waals surface area contributed by atoms with Crippen LogP contribution in [0.2, 0.25) is 0 Å². The summed E-state index contributed by atoms with van der Waals surface area (Å²) in [5.74, 6) is -1.60. The van der Waals surface area contributed by atoms with Crippen molar-refractivity contribution < 1.29 is 29.3 Å². The zero-order chi connectivity index (χ0) is 18.6. The molecule has 4 atom stereocenters. The number of ether oxygens (including phenoxy) is 2. The standard InChI is InChI=1S/C19H26O6/c1-11(2)18(22)24-15-7-13(9-20)5-4-6-14(10-21)8-16-17(15)12(3)19(23)25-16/h5,14-17,20-21H,1,3-4,6-10H2,2H3/b13-5-/t14-,15-,16-,17-/m1/s1. The van der Waals surface area contributed by atoms with E-state index in [1.807, 2.05) is 6.08 Å². The molecule has 1 fully saturated rings. The Hall–Kier alpha value is -1.92. The second-order valence-electron chi connectivity index (χ2n) is 6.81. The highest BCUT2D eigenvalue weighted by atomic mass is 16.6. The van der Waals surface area contributed by atoms with E-state index in [0.29, 0.717) is 19.3 Å². The molecule has 0 spiro atoms. The summed E-state index contributed by atoms with van der Waals surface area (Å²) >= 11 is 0. The van der Waals surface area contributed by atoms with Gasteiger partial charge in [-0.25, -0.2) is 9.59 Å². The minimum atomic E-state index is -0.677. The third-order valence-electron chi connectivity index (χ3n) is 4.83. The molecular weight excluding hydrogens is 324 g/mol. The maximum Gasteiger partial charge on any atom is 0.334 e. The van der Waals surface area contributed by atoms with Crippen molar-refractivity contribution in [3.63, 3.8) is 0 Å². The monoisotopic (exact) mass is 350 g/mol. The Kier molecular flexibility index (Phi) is 6.56. The Bertz CT molecular complexity index is 591. The van der Waals surface area contributed by atoms with E-state index in [2.05, 4.69) is 13.2 Å². The fourth-order valence-electron chi connectivity index (χ4n) is 3.39. The molecule has 0 aromatic carbocycles. The minimum Gasteiger partial charge on any atom is -0.458 e. The average molecular weight is 350 g/mol. The van der Waals surface area contributed by atoms with Crippen molar-refractivity contribution in [1.29, 1.82) is 0 Å². The molecule has 1 saturated heterocycles. The molecule has 0 unspecified atom stereocenters. The number of fused-ring (bicyclic) bond motifs is 1. The second kappa shape index (κ2) is 8.45. The highest BCUT2D eigenvalue weighted by Crippen LogP contribution is 2.38. The molecule has 0 radical (unpaired) electrons. The van der Waals surface area contributed by atoms with Crippen molar-refractivity contribution >= 4 is 11.9 Å². The number of carbonyl (C=O) groups excluding carboxylic acids is 2. The Morgan fingerprint density at radius 1 is 1.44 bits per heavy atom. The first kappa shape index (κ1) is 19.4. The lowest BCUT2D eigenvalue weighted by molar-refractivity contribution is -0.148. The summed E-state index contributed by atoms with van der Waals surface area (Å²) in [5.41, 5.74) is 1.25. The van der Waals surface area contributed by atoms with Gasteiger partial charge in [-0.05, 0) is 37.7 Å². The highest BCUT2D eigenvalue weighted by molar-refractivity contribution is 5.91. The van der Waals surface area contributed by atoms with Crippen LogP contribution in [0.25, 0.3) is 0 Å². The molecule has 1 heterocycles. The van der Waals surface area contributed by atoms with Crippen molar-refractivity contribution in [2.24, 2.45) is 11.8 Å². The van der Waals surface area contributed by atoms with Crippen LogP contribution in [0.3, 0.4) is 0 Å². The van der Waals surface area contributed by atoms with Gasteiger partial charge in [-0.2, -0.15) is 0 Å². The molecule has 6 nitrogen and oxygen atoms in total. The minimum absolute atomic E-state index is 0.0221. The van der Waals surface area contributed by atoms with Crippen LogP contribution in [0.15, 0.2) is 36.0 Å². The van der Waals surface area contributed by atoms with Gasteiger partial charge in [0.25, 0.3) is 0 Å². The number of rotatable bonds is 4. The molecular formula is C19H26O6. The third-order valence-corrected chi connectivity index (χ3v) is 4.83. The first-order valence-corrected chi connectivity index (χ1v) is 8.53. The molecule has 0 aromatic heterocycles. The number of carbonyl (C=O) groups is 2. The number of aliphatic hydroxyl groups excluding tert-OH is 2. The van der Waals surface area contributed by atoms with E-state index in [-0.39, 0.29) is 30.3 Å². The van der Waals surface area contributed by atoms with Crippen molar-refractivity contribution in [2.75, 3.05) is 13.2 Å². The smallest absolute Gasteiger partial charge is 0.334 e. The number of esters is 2. The van der Waals surface area contributed by atoms with Crippen LogP contribution in [-0.4, -0.2) is 47.6 Å². The number of hydrogen-bond acceptors (Lipinski definition) is 6. The van der Waals surface area contributed by atoms with Crippen LogP contribution in [0.5, 0.6) is 0 Å². The van der Waals surface area contributed by atoms with Crippen LogP contribution in [0, 0.1) is 11.8 Å². The second-order valence-corrected chi connectivity index (χ2v) is 6.81. The average Bonchev–Trinajstić information content (AvgIpc) is 2.85. The lowest BCUT2D eigenvalue weighted by atomic mass is 9.81. The van der Waals surface area contributed by atoms with Gasteiger partial charge < -0.3 is 19.7 Å². The number of hydrogen-bond donors (Lipinski definition) is 2. The first-order chi connectivity index (χ1) is 11.9. The van der Waals surface area contributed by atoms with Gasteiger partial charge in [-0.3, -0.25) is 0 Å². The van der Waals surface area contributed by atoms with Crippen LogP contribution >= 0.6 is 0 Å². The largest absolute Gasteiger partial charge is 0.458 e. The van der Waals surface area contributed by atoms with E-state index in [0.717, 1.165) is 12.0 Å². The molecule has 2 N–H and O–H groups in total. The molecule has 0 bridgehead atoms. The van der Waals surface area contributed by atoms with E-state index in [1.54, 1.807) is 6.92 Å². The molecule has 0 amide bonds. The van der Waals surface area contributed by atoms with E-state index >= 15 is 0 Å². The predicted octanol–water partition coefficient (Wildman–Crippen LogP) is 1.67. The van der Waals surface area contributed by atoms with Gasteiger partial charge in [0.2, 0.25) is 0 Å². The fourth-order valence-corrected chi connectivity index (χ4v) is 3.39. The van der Waals surface area contributed by atoms with Crippen LogP contribution < -0.4 is 0 Å². The van der Waals surface area contributed by atoms with E-state index < -0.39 is 30.1 Å². The van der Waals surface area contributed by atoms with Crippen molar-refractivity contribution in [1.82, 2.24) is 0 Å². The lowest BCUT2D eigenvalue weighted by Gasteiger charge is -2.30. The van der Waals surface area contributed by atoms with Gasteiger partial charge in [0.1, 0.15) is 12.2 Å². The molecule has 6 heteroatoms. The lowest BCUT2D eigenvalue weighted by Crippen LogP contribution is -2.36. The predicted molar refractivity (Wildman–Crippen MR) is 91.4 cm³/mol. The Morgan fingerprint density at radius 2 is 2.16 bits per heavy atom. The van der Waals surface area contributed by atoms with E-state index in [1.165, 1.54) is 0 Å². The zero-order valence-corrected chi connectivity index (χ0v) is 14.6. The normalized spacial score (nSPS) is 32.2. The quantitative estimate of drug-likeness (QED) is 0.455. The van der Waals surface area contributed by atoms with Crippen LogP contribution in [-0.2, 0) is 19.1 Å². The van der Waals surface area contributed by atoms with Crippen LogP contribution in [0.1, 0.15) is 32.6 Å². The molecule has 0 saturated carbocycles. The van der Waals surface area contributed by atoms with E-state index in [4.69, 9.17) is 9.47 Å². The number of aliphatic hydroxyl groups is 2. The van der Waals surface area contributed by atoms with Crippen molar-refractivity contribution in [2.45, 2.75) is 44.8 Å². The summed E-state index contributed by atoms with van der Waals surface area (Å²) in [6, 6.07) is 0. The summed E-state index contributed by atoms with van der Waals surface area (Å²) in [6.45, 7) is 8.77. The maximum atomic E-state index is 12.1. The Morgan fingerprint density at radius 3 is 2.76 bits per heavy atom. The summed E-state index contributed by atoms with van der Waals surface area (Å²) in [6.07, 6.45) is 2.93. The van der Waals surface area contributed by atoms with Crippen molar-refractivity contribution in [3.8, 4) is 0 Å². The summed E-state index contributed by atoms with van der Waals surface area (Å²) in [4.78, 5) is 24.1. The Balaban J connectivity index is 2.37. The topological polar surface area (TPSA) is 93.1 Å². The Labute approximate surface area is 147 Å². The molecule has 2 aliphatic rings. The summed E-state index contributed by atoms with van der Waals surface area (Å²) in [5, 5.41) is 19.2. The molecule has 0 aromatic rings. The van der Waals surface area contributed by atoms with Gasteiger partial charge in [0, 0.05) is 24.2 Å². The SMILES string of the molecule is C=C(C)C(=O)O[C@@H]1C/C(CO)=C/CC[C@@H](CO)C[C@H]2OC(=O)C(=C)[C@H]12. The highest BCUT2D eigenvalue weighted by Gasteiger charge is 2.46. The molecule has 1 aliphatic carbocycles. The van der Waals surface area contributed by atoms with E-state index in [9.17, 15) is 19.8 Å². The van der Waals surface area contributed by atoms with Crippen molar-refractivity contribution in [3.05, 3.63) is 36.0 Å². The summed E-state index contributed by atoms with van der Waals surface area (Å²) in [7, 11) is 0. The van der Waals surface area contributed by atoms with Gasteiger partial charge in [0.15, 0.2) is 0 Å². The van der Waals surface area contributed by atoms with Gasteiger partial charge >= 0.3 is 11.9 Å². The fraction of sp³-hybridized carbons (Fsp3) is 0.579.